The number of rotatable bonds is 7. The summed E-state index contributed by atoms with van der Waals surface area (Å²) >= 11 is 0. The number of nitriles is 1. The molecule has 1 N–H and O–H groups in total. The summed E-state index contributed by atoms with van der Waals surface area (Å²) in [6.07, 6.45) is 2.39. The molecule has 6 nitrogen and oxygen atoms in total. The first kappa shape index (κ1) is 22.2. The molecule has 3 rings (SSSR count). The first-order valence-electron chi connectivity index (χ1n) is 10.6. The standard InChI is InChI=1S/C25H30N4O2/c1-19-5-4-6-24(20(19)2)29-15-13-28(14-16-29)18-22(17-26)25(30)27-12-11-21-7-9-23(31-3)10-8-21/h4-10,18H,11-16H2,1-3H3,(H,27,30)/b22-18-. The average molecular weight is 419 g/mol. The average Bonchev–Trinajstić information content (AvgIpc) is 2.80. The number of nitrogens with zero attached hydrogens (tertiary/aromatic N) is 3. The van der Waals surface area contributed by atoms with Gasteiger partial charge in [-0.3, -0.25) is 4.79 Å². The van der Waals surface area contributed by atoms with Crippen LogP contribution in [-0.2, 0) is 11.2 Å². The van der Waals surface area contributed by atoms with Crippen molar-refractivity contribution < 1.29 is 9.53 Å². The van der Waals surface area contributed by atoms with Crippen molar-refractivity contribution in [2.45, 2.75) is 20.3 Å². The number of benzene rings is 2. The summed E-state index contributed by atoms with van der Waals surface area (Å²) in [5, 5.41) is 12.3. The highest BCUT2D eigenvalue weighted by Crippen LogP contribution is 2.24. The van der Waals surface area contributed by atoms with Gasteiger partial charge in [0.25, 0.3) is 5.91 Å². The van der Waals surface area contributed by atoms with Gasteiger partial charge in [-0.2, -0.15) is 5.26 Å². The van der Waals surface area contributed by atoms with Crippen molar-refractivity contribution in [3.05, 3.63) is 70.9 Å². The molecule has 2 aromatic rings. The van der Waals surface area contributed by atoms with Crippen LogP contribution < -0.4 is 15.0 Å². The molecule has 0 aliphatic carbocycles. The lowest BCUT2D eigenvalue weighted by Gasteiger charge is -2.36. The SMILES string of the molecule is COc1ccc(CCNC(=O)/C(C#N)=C\N2CCN(c3cccc(C)c3C)CC2)cc1. The van der Waals surface area contributed by atoms with Gasteiger partial charge in [0.05, 0.1) is 7.11 Å². The fraction of sp³-hybridized carbons (Fsp3) is 0.360. The van der Waals surface area contributed by atoms with Crippen LogP contribution in [0.3, 0.4) is 0 Å². The van der Waals surface area contributed by atoms with Crippen LogP contribution in [0, 0.1) is 25.2 Å². The van der Waals surface area contributed by atoms with Crippen LogP contribution in [0.15, 0.2) is 54.2 Å². The number of hydrogen-bond donors (Lipinski definition) is 1. The summed E-state index contributed by atoms with van der Waals surface area (Å²) < 4.78 is 5.15. The van der Waals surface area contributed by atoms with Gasteiger partial charge in [-0.25, -0.2) is 0 Å². The molecular weight excluding hydrogens is 388 g/mol. The predicted octanol–water partition coefficient (Wildman–Crippen LogP) is 3.20. The van der Waals surface area contributed by atoms with E-state index in [1.807, 2.05) is 30.3 Å². The minimum Gasteiger partial charge on any atom is -0.497 e. The molecule has 0 saturated carbocycles. The summed E-state index contributed by atoms with van der Waals surface area (Å²) in [7, 11) is 1.63. The Hall–Kier alpha value is -3.46. The molecule has 0 radical (unpaired) electrons. The number of anilines is 1. The second kappa shape index (κ2) is 10.5. The molecule has 162 valence electrons. The Morgan fingerprint density at radius 1 is 1.13 bits per heavy atom. The Morgan fingerprint density at radius 2 is 1.84 bits per heavy atom. The monoisotopic (exact) mass is 418 g/mol. The van der Waals surface area contributed by atoms with E-state index in [1.54, 1.807) is 13.3 Å². The molecule has 1 aliphatic rings. The van der Waals surface area contributed by atoms with Gasteiger partial charge in [0.1, 0.15) is 17.4 Å². The fourth-order valence-corrected chi connectivity index (χ4v) is 3.70. The molecule has 0 unspecified atom stereocenters. The molecule has 1 aliphatic heterocycles. The summed E-state index contributed by atoms with van der Waals surface area (Å²) in [4.78, 5) is 16.9. The molecule has 0 atom stereocenters. The van der Waals surface area contributed by atoms with Gasteiger partial charge in [0.2, 0.25) is 0 Å². The van der Waals surface area contributed by atoms with Crippen molar-refractivity contribution in [1.29, 1.82) is 5.26 Å². The maximum atomic E-state index is 12.4. The Kier molecular flexibility index (Phi) is 7.55. The van der Waals surface area contributed by atoms with E-state index >= 15 is 0 Å². The minimum absolute atomic E-state index is 0.148. The van der Waals surface area contributed by atoms with Crippen molar-refractivity contribution in [2.75, 3.05) is 44.7 Å². The molecule has 0 bridgehead atoms. The van der Waals surface area contributed by atoms with Crippen molar-refractivity contribution in [3.63, 3.8) is 0 Å². The molecule has 1 heterocycles. The molecule has 1 amide bonds. The first-order valence-corrected chi connectivity index (χ1v) is 10.6. The Labute approximate surface area is 184 Å². The number of carbonyl (C=O) groups is 1. The van der Waals surface area contributed by atoms with Crippen molar-refractivity contribution in [2.24, 2.45) is 0 Å². The largest absolute Gasteiger partial charge is 0.497 e. The van der Waals surface area contributed by atoms with E-state index in [-0.39, 0.29) is 11.5 Å². The number of aryl methyl sites for hydroxylation is 1. The van der Waals surface area contributed by atoms with E-state index < -0.39 is 0 Å². The highest BCUT2D eigenvalue weighted by molar-refractivity contribution is 5.97. The highest BCUT2D eigenvalue weighted by atomic mass is 16.5. The summed E-state index contributed by atoms with van der Waals surface area (Å²) in [6, 6.07) is 16.2. The van der Waals surface area contributed by atoms with E-state index in [1.165, 1.54) is 16.8 Å². The quantitative estimate of drug-likeness (QED) is 0.552. The van der Waals surface area contributed by atoms with Crippen LogP contribution in [-0.4, -0.2) is 50.6 Å². The number of ether oxygens (including phenoxy) is 1. The smallest absolute Gasteiger partial charge is 0.263 e. The van der Waals surface area contributed by atoms with E-state index in [9.17, 15) is 10.1 Å². The number of nitrogens with one attached hydrogen (secondary N) is 1. The normalized spacial score (nSPS) is 14.2. The van der Waals surface area contributed by atoms with Gasteiger partial charge >= 0.3 is 0 Å². The van der Waals surface area contributed by atoms with Gasteiger partial charge in [-0.05, 0) is 55.2 Å². The van der Waals surface area contributed by atoms with Crippen molar-refractivity contribution >= 4 is 11.6 Å². The van der Waals surface area contributed by atoms with Crippen LogP contribution in [0.25, 0.3) is 0 Å². The number of methoxy groups -OCH3 is 1. The van der Waals surface area contributed by atoms with E-state index in [4.69, 9.17) is 4.74 Å². The molecule has 6 heteroatoms. The third kappa shape index (κ3) is 5.79. The van der Waals surface area contributed by atoms with E-state index in [0.29, 0.717) is 13.0 Å². The Morgan fingerprint density at radius 3 is 2.48 bits per heavy atom. The van der Waals surface area contributed by atoms with Gasteiger partial charge in [0.15, 0.2) is 0 Å². The van der Waals surface area contributed by atoms with Crippen molar-refractivity contribution in [3.8, 4) is 11.8 Å². The molecule has 1 saturated heterocycles. The lowest BCUT2D eigenvalue weighted by atomic mass is 10.1. The third-order valence-corrected chi connectivity index (χ3v) is 5.77. The zero-order chi connectivity index (χ0) is 22.2. The van der Waals surface area contributed by atoms with Crippen LogP contribution in [0.1, 0.15) is 16.7 Å². The topological polar surface area (TPSA) is 68.6 Å². The van der Waals surface area contributed by atoms with Gasteiger partial charge in [0, 0.05) is 44.6 Å². The first-order chi connectivity index (χ1) is 15.0. The summed E-state index contributed by atoms with van der Waals surface area (Å²) in [5.74, 6) is 0.480. The number of hydrogen-bond acceptors (Lipinski definition) is 5. The maximum Gasteiger partial charge on any atom is 0.263 e. The van der Waals surface area contributed by atoms with Gasteiger partial charge in [-0.15, -0.1) is 0 Å². The zero-order valence-electron chi connectivity index (χ0n) is 18.5. The zero-order valence-corrected chi connectivity index (χ0v) is 18.5. The molecule has 0 spiro atoms. The third-order valence-electron chi connectivity index (χ3n) is 5.77. The number of piperazine rings is 1. The lowest BCUT2D eigenvalue weighted by molar-refractivity contribution is -0.117. The molecule has 1 fully saturated rings. The lowest BCUT2D eigenvalue weighted by Crippen LogP contribution is -2.44. The second-order valence-corrected chi connectivity index (χ2v) is 7.75. The number of amides is 1. The molecule has 31 heavy (non-hydrogen) atoms. The fourth-order valence-electron chi connectivity index (χ4n) is 3.70. The van der Waals surface area contributed by atoms with Crippen LogP contribution in [0.5, 0.6) is 5.75 Å². The van der Waals surface area contributed by atoms with Crippen LogP contribution in [0.4, 0.5) is 5.69 Å². The van der Waals surface area contributed by atoms with E-state index in [0.717, 1.165) is 37.5 Å². The number of carbonyl (C=O) groups excluding carboxylic acids is 1. The second-order valence-electron chi connectivity index (χ2n) is 7.75. The van der Waals surface area contributed by atoms with E-state index in [2.05, 4.69) is 47.2 Å². The Balaban J connectivity index is 1.51. The molecule has 0 aromatic heterocycles. The predicted molar refractivity (Wildman–Crippen MR) is 123 cm³/mol. The van der Waals surface area contributed by atoms with Gasteiger partial charge < -0.3 is 19.9 Å². The van der Waals surface area contributed by atoms with Crippen LogP contribution in [0.2, 0.25) is 0 Å². The molecular formula is C25H30N4O2. The maximum absolute atomic E-state index is 12.4. The summed E-state index contributed by atoms with van der Waals surface area (Å²) in [6.45, 7) is 8.03. The van der Waals surface area contributed by atoms with Crippen LogP contribution >= 0.6 is 0 Å². The summed E-state index contributed by atoms with van der Waals surface area (Å²) in [5.41, 5.74) is 5.11. The van der Waals surface area contributed by atoms with Gasteiger partial charge in [-0.1, -0.05) is 24.3 Å². The minimum atomic E-state index is -0.326. The van der Waals surface area contributed by atoms with Crippen molar-refractivity contribution in [1.82, 2.24) is 10.2 Å². The highest BCUT2D eigenvalue weighted by Gasteiger charge is 2.19. The Bertz CT molecular complexity index is 968. The molecule has 2 aromatic carbocycles.